The summed E-state index contributed by atoms with van der Waals surface area (Å²) in [5.41, 5.74) is 6.54. The van der Waals surface area contributed by atoms with E-state index in [-0.39, 0.29) is 0 Å². The number of nitrogens with one attached hydrogen (secondary N) is 1. The highest BCUT2D eigenvalue weighted by molar-refractivity contribution is 7.20. The second-order valence-corrected chi connectivity index (χ2v) is 5.80. The quantitative estimate of drug-likeness (QED) is 0.593. The highest BCUT2D eigenvalue weighted by Crippen LogP contribution is 2.22. The fourth-order valence-electron chi connectivity index (χ4n) is 1.98. The first kappa shape index (κ1) is 13.6. The van der Waals surface area contributed by atoms with Gasteiger partial charge in [0.1, 0.15) is 5.01 Å². The number of hydrogen-bond donors (Lipinski definition) is 1. The van der Waals surface area contributed by atoms with E-state index < -0.39 is 0 Å². The molecule has 0 radical (unpaired) electrons. The summed E-state index contributed by atoms with van der Waals surface area (Å²) < 4.78 is 1.16. The zero-order valence-electron chi connectivity index (χ0n) is 12.1. The van der Waals surface area contributed by atoms with E-state index in [0.29, 0.717) is 5.95 Å². The Morgan fingerprint density at radius 1 is 1.10 bits per heavy atom. The van der Waals surface area contributed by atoms with Crippen LogP contribution in [0.15, 0.2) is 35.4 Å². The molecule has 1 N–H and O–H groups in total. The summed E-state index contributed by atoms with van der Waals surface area (Å²) in [6, 6.07) is 9.99. The Morgan fingerprint density at radius 3 is 2.52 bits per heavy atom. The van der Waals surface area contributed by atoms with Crippen molar-refractivity contribution in [3.63, 3.8) is 0 Å². The van der Waals surface area contributed by atoms with E-state index in [9.17, 15) is 0 Å². The molecule has 2 aromatic heterocycles. The number of thiazole rings is 1. The molecule has 0 unspecified atom stereocenters. The van der Waals surface area contributed by atoms with Crippen LogP contribution in [-0.2, 0) is 0 Å². The van der Waals surface area contributed by atoms with Gasteiger partial charge in [-0.1, -0.05) is 12.1 Å². The SMILES string of the molecule is C/C(=N/Nc1nc(C)cc(C)n1)c1nc2ccccc2s1. The van der Waals surface area contributed by atoms with E-state index in [1.165, 1.54) is 0 Å². The van der Waals surface area contributed by atoms with Gasteiger partial charge in [-0.25, -0.2) is 20.4 Å². The molecule has 106 valence electrons. The number of para-hydroxylation sites is 1. The zero-order chi connectivity index (χ0) is 14.8. The standard InChI is InChI=1S/C15H15N5S/c1-9-8-10(2)17-15(16-9)20-19-11(3)14-18-12-6-4-5-7-13(12)21-14/h4-8H,1-3H3,(H,16,17,20)/b19-11-. The summed E-state index contributed by atoms with van der Waals surface area (Å²) in [7, 11) is 0. The minimum Gasteiger partial charge on any atom is -0.245 e. The predicted molar refractivity (Wildman–Crippen MR) is 87.0 cm³/mol. The van der Waals surface area contributed by atoms with Crippen molar-refractivity contribution in [2.24, 2.45) is 5.10 Å². The van der Waals surface area contributed by atoms with Crippen molar-refractivity contribution in [2.45, 2.75) is 20.8 Å². The van der Waals surface area contributed by atoms with Gasteiger partial charge < -0.3 is 0 Å². The van der Waals surface area contributed by atoms with Crippen LogP contribution in [0, 0.1) is 13.8 Å². The van der Waals surface area contributed by atoms with E-state index in [1.807, 2.05) is 45.0 Å². The molecule has 3 rings (SSSR count). The van der Waals surface area contributed by atoms with Crippen LogP contribution in [0.4, 0.5) is 5.95 Å². The van der Waals surface area contributed by atoms with Crippen LogP contribution < -0.4 is 5.43 Å². The average molecular weight is 297 g/mol. The first-order valence-electron chi connectivity index (χ1n) is 6.60. The molecule has 0 saturated heterocycles. The number of anilines is 1. The summed E-state index contributed by atoms with van der Waals surface area (Å²) in [5.74, 6) is 0.507. The molecular formula is C15H15N5S. The van der Waals surface area contributed by atoms with E-state index in [4.69, 9.17) is 0 Å². The molecule has 0 aliphatic rings. The van der Waals surface area contributed by atoms with Crippen LogP contribution in [0.3, 0.4) is 0 Å². The number of fused-ring (bicyclic) bond motifs is 1. The molecule has 0 fully saturated rings. The molecule has 0 saturated carbocycles. The fraction of sp³-hybridized carbons (Fsp3) is 0.200. The second kappa shape index (κ2) is 5.57. The Kier molecular flexibility index (Phi) is 3.62. The number of aromatic nitrogens is 3. The molecule has 0 atom stereocenters. The van der Waals surface area contributed by atoms with Gasteiger partial charge in [-0.2, -0.15) is 5.10 Å². The minimum absolute atomic E-state index is 0.507. The Labute approximate surface area is 126 Å². The molecule has 6 heteroatoms. The van der Waals surface area contributed by atoms with Gasteiger partial charge in [0.2, 0.25) is 5.95 Å². The lowest BCUT2D eigenvalue weighted by Gasteiger charge is -2.02. The van der Waals surface area contributed by atoms with Crippen LogP contribution in [-0.4, -0.2) is 20.7 Å². The van der Waals surface area contributed by atoms with Crippen LogP contribution in [0.25, 0.3) is 10.2 Å². The topological polar surface area (TPSA) is 63.1 Å². The van der Waals surface area contributed by atoms with E-state index in [2.05, 4.69) is 31.5 Å². The fourth-order valence-corrected chi connectivity index (χ4v) is 2.90. The highest BCUT2D eigenvalue weighted by Gasteiger charge is 2.06. The first-order chi connectivity index (χ1) is 10.1. The third kappa shape index (κ3) is 3.05. The maximum absolute atomic E-state index is 4.57. The molecule has 2 heterocycles. The summed E-state index contributed by atoms with van der Waals surface area (Å²) in [4.78, 5) is 13.2. The normalized spacial score (nSPS) is 11.9. The van der Waals surface area contributed by atoms with Crippen LogP contribution in [0.2, 0.25) is 0 Å². The van der Waals surface area contributed by atoms with E-state index in [1.54, 1.807) is 11.3 Å². The van der Waals surface area contributed by atoms with Gasteiger partial charge in [0, 0.05) is 11.4 Å². The van der Waals surface area contributed by atoms with Crippen molar-refractivity contribution >= 4 is 33.2 Å². The Bertz CT molecular complexity index is 769. The number of hydrazone groups is 1. The molecule has 1 aromatic carbocycles. The van der Waals surface area contributed by atoms with Gasteiger partial charge >= 0.3 is 0 Å². The lowest BCUT2D eigenvalue weighted by Crippen LogP contribution is -2.03. The Morgan fingerprint density at radius 2 is 1.81 bits per heavy atom. The van der Waals surface area contributed by atoms with Crippen molar-refractivity contribution < 1.29 is 0 Å². The third-order valence-electron chi connectivity index (χ3n) is 2.91. The molecule has 0 bridgehead atoms. The Balaban J connectivity index is 1.85. The molecule has 0 aliphatic heterocycles. The van der Waals surface area contributed by atoms with Gasteiger partial charge in [-0.15, -0.1) is 11.3 Å². The largest absolute Gasteiger partial charge is 0.245 e. The van der Waals surface area contributed by atoms with Crippen LogP contribution in [0.5, 0.6) is 0 Å². The van der Waals surface area contributed by atoms with Gasteiger partial charge in [-0.05, 0) is 39.0 Å². The van der Waals surface area contributed by atoms with E-state index in [0.717, 1.165) is 32.3 Å². The van der Waals surface area contributed by atoms with Crippen molar-refractivity contribution in [3.05, 3.63) is 46.7 Å². The van der Waals surface area contributed by atoms with Crippen molar-refractivity contribution in [1.29, 1.82) is 0 Å². The number of benzene rings is 1. The van der Waals surface area contributed by atoms with Crippen LogP contribution >= 0.6 is 11.3 Å². The average Bonchev–Trinajstić information content (AvgIpc) is 2.87. The van der Waals surface area contributed by atoms with Gasteiger partial charge in [0.05, 0.1) is 15.9 Å². The van der Waals surface area contributed by atoms with Crippen molar-refractivity contribution in [3.8, 4) is 0 Å². The lowest BCUT2D eigenvalue weighted by molar-refractivity contribution is 1.03. The second-order valence-electron chi connectivity index (χ2n) is 4.77. The van der Waals surface area contributed by atoms with Crippen molar-refractivity contribution in [2.75, 3.05) is 5.43 Å². The maximum Gasteiger partial charge on any atom is 0.243 e. The molecule has 0 amide bonds. The molecule has 3 aromatic rings. The van der Waals surface area contributed by atoms with Gasteiger partial charge in [0.15, 0.2) is 0 Å². The minimum atomic E-state index is 0.507. The number of aryl methyl sites for hydroxylation is 2. The summed E-state index contributed by atoms with van der Waals surface area (Å²) in [5, 5.41) is 5.23. The summed E-state index contributed by atoms with van der Waals surface area (Å²) in [6.07, 6.45) is 0. The zero-order valence-corrected chi connectivity index (χ0v) is 12.9. The first-order valence-corrected chi connectivity index (χ1v) is 7.42. The molecule has 21 heavy (non-hydrogen) atoms. The number of rotatable bonds is 3. The van der Waals surface area contributed by atoms with Gasteiger partial charge in [0.25, 0.3) is 0 Å². The summed E-state index contributed by atoms with van der Waals surface area (Å²) >= 11 is 1.62. The van der Waals surface area contributed by atoms with E-state index >= 15 is 0 Å². The predicted octanol–water partition coefficient (Wildman–Crippen LogP) is 3.54. The van der Waals surface area contributed by atoms with Gasteiger partial charge in [-0.3, -0.25) is 0 Å². The third-order valence-corrected chi connectivity index (χ3v) is 4.05. The van der Waals surface area contributed by atoms with Crippen molar-refractivity contribution in [1.82, 2.24) is 15.0 Å². The molecule has 0 spiro atoms. The lowest BCUT2D eigenvalue weighted by atomic mass is 10.3. The Hall–Kier alpha value is -2.34. The summed E-state index contributed by atoms with van der Waals surface area (Å²) in [6.45, 7) is 5.79. The van der Waals surface area contributed by atoms with Crippen LogP contribution in [0.1, 0.15) is 23.3 Å². The maximum atomic E-state index is 4.57. The highest BCUT2D eigenvalue weighted by atomic mass is 32.1. The number of nitrogens with zero attached hydrogens (tertiary/aromatic N) is 4. The molecule has 5 nitrogen and oxygen atoms in total. The number of hydrogen-bond acceptors (Lipinski definition) is 6. The molecular weight excluding hydrogens is 282 g/mol. The monoisotopic (exact) mass is 297 g/mol. The smallest absolute Gasteiger partial charge is 0.243 e. The molecule has 0 aliphatic carbocycles.